The lowest BCUT2D eigenvalue weighted by atomic mass is 10.2. The zero-order chi connectivity index (χ0) is 15.2. The Kier molecular flexibility index (Phi) is 5.07. The van der Waals surface area contributed by atoms with Gasteiger partial charge in [-0.1, -0.05) is 5.16 Å². The predicted molar refractivity (Wildman–Crippen MR) is 76.2 cm³/mol. The molecule has 1 saturated heterocycles. The summed E-state index contributed by atoms with van der Waals surface area (Å²) in [5, 5.41) is 20.4. The molecule has 0 radical (unpaired) electrons. The lowest BCUT2D eigenvalue weighted by molar-refractivity contribution is 0.0609. The van der Waals surface area contributed by atoms with Crippen molar-refractivity contribution in [3.05, 3.63) is 29.6 Å². The Morgan fingerprint density at radius 2 is 2.05 bits per heavy atom. The largest absolute Gasteiger partial charge is 0.409 e. The molecule has 1 aliphatic rings. The standard InChI is InChI=1S/C13H19N5O3/c14-12(16-21)10-1-2-11(15-9-10)13(20)18-5-3-17(4-6-18)7-8-19/h1-2,9,19,21H,3-8H2,(H2,14,16). The minimum absolute atomic E-state index is 0.0425. The number of aromatic nitrogens is 1. The SMILES string of the molecule is NC(=NO)c1ccc(C(=O)N2CCN(CCO)CC2)nc1. The molecule has 4 N–H and O–H groups in total. The Bertz CT molecular complexity index is 509. The van der Waals surface area contributed by atoms with E-state index in [0.29, 0.717) is 30.9 Å². The van der Waals surface area contributed by atoms with Gasteiger partial charge in [0.15, 0.2) is 5.84 Å². The molecule has 0 bridgehead atoms. The number of hydrogen-bond donors (Lipinski definition) is 3. The van der Waals surface area contributed by atoms with Gasteiger partial charge in [0.1, 0.15) is 5.69 Å². The zero-order valence-electron chi connectivity index (χ0n) is 11.6. The Morgan fingerprint density at radius 3 is 2.57 bits per heavy atom. The highest BCUT2D eigenvalue weighted by atomic mass is 16.4. The van der Waals surface area contributed by atoms with Crippen molar-refractivity contribution in [3.8, 4) is 0 Å². The minimum atomic E-state index is -0.135. The van der Waals surface area contributed by atoms with Crippen molar-refractivity contribution in [2.24, 2.45) is 10.9 Å². The fourth-order valence-corrected chi connectivity index (χ4v) is 2.21. The van der Waals surface area contributed by atoms with Crippen molar-refractivity contribution in [2.75, 3.05) is 39.3 Å². The Morgan fingerprint density at radius 1 is 1.33 bits per heavy atom. The van der Waals surface area contributed by atoms with Crippen LogP contribution in [0.3, 0.4) is 0 Å². The fourth-order valence-electron chi connectivity index (χ4n) is 2.21. The van der Waals surface area contributed by atoms with Crippen LogP contribution in [0.4, 0.5) is 0 Å². The number of oxime groups is 1. The van der Waals surface area contributed by atoms with Gasteiger partial charge in [-0.15, -0.1) is 0 Å². The lowest BCUT2D eigenvalue weighted by Crippen LogP contribution is -2.49. The topological polar surface area (TPSA) is 115 Å². The molecule has 0 unspecified atom stereocenters. The summed E-state index contributed by atoms with van der Waals surface area (Å²) in [7, 11) is 0. The fraction of sp³-hybridized carbons (Fsp3) is 0.462. The normalized spacial score (nSPS) is 17.0. The number of amides is 1. The Labute approximate surface area is 122 Å². The van der Waals surface area contributed by atoms with Crippen LogP contribution < -0.4 is 5.73 Å². The molecule has 1 aromatic rings. The summed E-state index contributed by atoms with van der Waals surface area (Å²) in [4.78, 5) is 20.2. The quantitative estimate of drug-likeness (QED) is 0.282. The molecular weight excluding hydrogens is 274 g/mol. The maximum Gasteiger partial charge on any atom is 0.272 e. The molecule has 21 heavy (non-hydrogen) atoms. The van der Waals surface area contributed by atoms with Crippen molar-refractivity contribution in [2.45, 2.75) is 0 Å². The Hall–Kier alpha value is -2.19. The minimum Gasteiger partial charge on any atom is -0.409 e. The van der Waals surface area contributed by atoms with E-state index in [1.54, 1.807) is 17.0 Å². The van der Waals surface area contributed by atoms with Gasteiger partial charge in [-0.2, -0.15) is 0 Å². The smallest absolute Gasteiger partial charge is 0.272 e. The molecule has 0 spiro atoms. The summed E-state index contributed by atoms with van der Waals surface area (Å²) < 4.78 is 0. The lowest BCUT2D eigenvalue weighted by Gasteiger charge is -2.34. The van der Waals surface area contributed by atoms with Crippen LogP contribution in [0.25, 0.3) is 0 Å². The molecule has 8 heteroatoms. The molecule has 2 heterocycles. The maximum atomic E-state index is 12.3. The van der Waals surface area contributed by atoms with E-state index in [9.17, 15) is 4.79 Å². The van der Waals surface area contributed by atoms with Gasteiger partial charge in [0, 0.05) is 44.5 Å². The van der Waals surface area contributed by atoms with E-state index in [1.807, 2.05) is 0 Å². The molecule has 0 saturated carbocycles. The number of aliphatic hydroxyl groups excluding tert-OH is 1. The second-order valence-electron chi connectivity index (χ2n) is 4.77. The molecule has 1 aromatic heterocycles. The summed E-state index contributed by atoms with van der Waals surface area (Å²) in [5.74, 6) is -0.177. The van der Waals surface area contributed by atoms with Crippen LogP contribution in [0.5, 0.6) is 0 Å². The van der Waals surface area contributed by atoms with Crippen molar-refractivity contribution >= 4 is 11.7 Å². The van der Waals surface area contributed by atoms with E-state index in [2.05, 4.69) is 15.0 Å². The first-order valence-electron chi connectivity index (χ1n) is 6.72. The molecular formula is C13H19N5O3. The molecule has 114 valence electrons. The van der Waals surface area contributed by atoms with E-state index in [0.717, 1.165) is 13.1 Å². The van der Waals surface area contributed by atoms with E-state index >= 15 is 0 Å². The van der Waals surface area contributed by atoms with Crippen LogP contribution in [0.2, 0.25) is 0 Å². The predicted octanol–water partition coefficient (Wildman–Crippen LogP) is -1.07. The second kappa shape index (κ2) is 7.00. The van der Waals surface area contributed by atoms with E-state index < -0.39 is 0 Å². The van der Waals surface area contributed by atoms with Crippen LogP contribution in [0, 0.1) is 0 Å². The van der Waals surface area contributed by atoms with Gasteiger partial charge < -0.3 is 20.9 Å². The number of aliphatic hydroxyl groups is 1. The van der Waals surface area contributed by atoms with E-state index in [-0.39, 0.29) is 18.3 Å². The van der Waals surface area contributed by atoms with Gasteiger partial charge in [-0.25, -0.2) is 0 Å². The monoisotopic (exact) mass is 293 g/mol. The Balaban J connectivity index is 1.98. The van der Waals surface area contributed by atoms with Crippen molar-refractivity contribution in [1.82, 2.24) is 14.8 Å². The number of carbonyl (C=O) groups is 1. The number of hydrogen-bond acceptors (Lipinski definition) is 6. The highest BCUT2D eigenvalue weighted by molar-refractivity contribution is 5.98. The third-order valence-corrected chi connectivity index (χ3v) is 3.46. The molecule has 0 aromatic carbocycles. The number of amidine groups is 1. The van der Waals surface area contributed by atoms with Gasteiger partial charge in [-0.05, 0) is 12.1 Å². The van der Waals surface area contributed by atoms with Crippen LogP contribution >= 0.6 is 0 Å². The first kappa shape index (κ1) is 15.2. The highest BCUT2D eigenvalue weighted by Crippen LogP contribution is 2.08. The molecule has 0 aliphatic carbocycles. The number of nitrogens with zero attached hydrogens (tertiary/aromatic N) is 4. The second-order valence-corrected chi connectivity index (χ2v) is 4.77. The maximum absolute atomic E-state index is 12.3. The number of piperazine rings is 1. The van der Waals surface area contributed by atoms with E-state index in [4.69, 9.17) is 16.0 Å². The number of β-amino-alcohol motifs (C(OH)–C–C–N with tert-alkyl or cyclic N) is 1. The molecule has 1 aliphatic heterocycles. The summed E-state index contributed by atoms with van der Waals surface area (Å²) in [5.41, 5.74) is 6.24. The third-order valence-electron chi connectivity index (χ3n) is 3.46. The van der Waals surface area contributed by atoms with Gasteiger partial charge in [0.25, 0.3) is 5.91 Å². The molecule has 1 fully saturated rings. The first-order chi connectivity index (χ1) is 10.2. The average molecular weight is 293 g/mol. The van der Waals surface area contributed by atoms with Crippen LogP contribution in [0.1, 0.15) is 16.1 Å². The van der Waals surface area contributed by atoms with Gasteiger partial charge in [0.2, 0.25) is 0 Å². The molecule has 8 nitrogen and oxygen atoms in total. The molecule has 0 atom stereocenters. The zero-order valence-corrected chi connectivity index (χ0v) is 11.6. The summed E-state index contributed by atoms with van der Waals surface area (Å²) in [6, 6.07) is 3.16. The summed E-state index contributed by atoms with van der Waals surface area (Å²) >= 11 is 0. The number of pyridine rings is 1. The van der Waals surface area contributed by atoms with Gasteiger partial charge >= 0.3 is 0 Å². The first-order valence-corrected chi connectivity index (χ1v) is 6.72. The summed E-state index contributed by atoms with van der Waals surface area (Å²) in [6.45, 7) is 3.48. The van der Waals surface area contributed by atoms with Gasteiger partial charge in [-0.3, -0.25) is 14.7 Å². The number of carbonyl (C=O) groups excluding carboxylic acids is 1. The van der Waals surface area contributed by atoms with Crippen molar-refractivity contribution < 1.29 is 15.1 Å². The van der Waals surface area contributed by atoms with Crippen LogP contribution in [-0.2, 0) is 0 Å². The van der Waals surface area contributed by atoms with Crippen LogP contribution in [-0.4, -0.2) is 76.2 Å². The molecule has 1 amide bonds. The van der Waals surface area contributed by atoms with Crippen molar-refractivity contribution in [3.63, 3.8) is 0 Å². The average Bonchev–Trinajstić information content (AvgIpc) is 2.54. The van der Waals surface area contributed by atoms with Crippen LogP contribution in [0.15, 0.2) is 23.5 Å². The number of nitrogens with two attached hydrogens (primary N) is 1. The molecule has 2 rings (SSSR count). The summed E-state index contributed by atoms with van der Waals surface area (Å²) in [6.07, 6.45) is 1.41. The number of rotatable bonds is 4. The highest BCUT2D eigenvalue weighted by Gasteiger charge is 2.22. The van der Waals surface area contributed by atoms with Gasteiger partial charge in [0.05, 0.1) is 6.61 Å². The third kappa shape index (κ3) is 3.67. The van der Waals surface area contributed by atoms with Crippen molar-refractivity contribution in [1.29, 1.82) is 0 Å². The van der Waals surface area contributed by atoms with E-state index in [1.165, 1.54) is 6.20 Å².